The average molecular weight is 433 g/mol. The zero-order valence-electron chi connectivity index (χ0n) is 15.7. The van der Waals surface area contributed by atoms with Gasteiger partial charge in [0, 0.05) is 9.79 Å². The number of ether oxygens (including phenoxy) is 1. The lowest BCUT2D eigenvalue weighted by atomic mass is 10.2. The Morgan fingerprint density at radius 2 is 1.47 bits per heavy atom. The molecule has 1 saturated heterocycles. The van der Waals surface area contributed by atoms with Gasteiger partial charge < -0.3 is 9.64 Å². The van der Waals surface area contributed by atoms with E-state index in [-0.39, 0.29) is 11.1 Å². The van der Waals surface area contributed by atoms with Crippen molar-refractivity contribution in [3.63, 3.8) is 0 Å². The summed E-state index contributed by atoms with van der Waals surface area (Å²) in [6, 6.07) is 24.1. The topological polar surface area (TPSA) is 58.6 Å². The molecule has 5 rings (SSSR count). The second-order valence-corrected chi connectivity index (χ2v) is 8.76. The second kappa shape index (κ2) is 7.93. The maximum atomic E-state index is 11.7. The first-order valence-electron chi connectivity index (χ1n) is 9.28. The number of hydrogen-bond acceptors (Lipinski definition) is 6. The van der Waals surface area contributed by atoms with Crippen molar-refractivity contribution in [3.8, 4) is 5.75 Å². The molecule has 2 aliphatic heterocycles. The number of thioether (sulfide) groups is 1. The number of carbonyl (C=O) groups is 2. The van der Waals surface area contributed by atoms with Crippen LogP contribution in [-0.2, 0) is 4.79 Å². The Morgan fingerprint density at radius 3 is 2.07 bits per heavy atom. The van der Waals surface area contributed by atoms with Crippen LogP contribution >= 0.6 is 23.5 Å². The molecule has 2 heterocycles. The molecule has 0 aromatic heterocycles. The van der Waals surface area contributed by atoms with Gasteiger partial charge in [0.05, 0.1) is 16.3 Å². The molecule has 3 aromatic rings. The highest BCUT2D eigenvalue weighted by atomic mass is 32.2. The van der Waals surface area contributed by atoms with Gasteiger partial charge in [0.15, 0.2) is 6.73 Å². The molecule has 148 valence electrons. The SMILES string of the molecule is O=C1NC(=O)C(=Cc2ccc(OCN3c4ccccc4Sc4ccccc43)cc2)S1. The molecule has 1 fully saturated rings. The monoisotopic (exact) mass is 432 g/mol. The molecular formula is C23H16N2O3S2. The largest absolute Gasteiger partial charge is 0.473 e. The van der Waals surface area contributed by atoms with Crippen molar-refractivity contribution in [2.24, 2.45) is 0 Å². The number of benzene rings is 3. The van der Waals surface area contributed by atoms with E-state index in [0.29, 0.717) is 11.6 Å². The molecule has 0 unspecified atom stereocenters. The van der Waals surface area contributed by atoms with E-state index >= 15 is 0 Å². The summed E-state index contributed by atoms with van der Waals surface area (Å²) in [5.41, 5.74) is 3.08. The van der Waals surface area contributed by atoms with Gasteiger partial charge >= 0.3 is 0 Å². The Kier molecular flexibility index (Phi) is 4.98. The van der Waals surface area contributed by atoms with Gasteiger partial charge in [0.25, 0.3) is 11.1 Å². The summed E-state index contributed by atoms with van der Waals surface area (Å²) in [7, 11) is 0. The molecule has 1 N–H and O–H groups in total. The molecule has 30 heavy (non-hydrogen) atoms. The van der Waals surface area contributed by atoms with Crippen molar-refractivity contribution in [1.82, 2.24) is 5.32 Å². The van der Waals surface area contributed by atoms with E-state index in [1.54, 1.807) is 17.8 Å². The van der Waals surface area contributed by atoms with Gasteiger partial charge in [0.2, 0.25) is 0 Å². The number of imide groups is 1. The molecule has 5 nitrogen and oxygen atoms in total. The van der Waals surface area contributed by atoms with Crippen LogP contribution in [0.5, 0.6) is 5.75 Å². The summed E-state index contributed by atoms with van der Waals surface area (Å²) in [6.45, 7) is 0.377. The number of hydrogen-bond donors (Lipinski definition) is 1. The van der Waals surface area contributed by atoms with Gasteiger partial charge in [-0.2, -0.15) is 0 Å². The van der Waals surface area contributed by atoms with Crippen LogP contribution < -0.4 is 15.0 Å². The summed E-state index contributed by atoms with van der Waals surface area (Å²) >= 11 is 2.67. The van der Waals surface area contributed by atoms with Gasteiger partial charge in [-0.05, 0) is 59.8 Å². The van der Waals surface area contributed by atoms with Gasteiger partial charge in [0.1, 0.15) is 5.75 Å². The van der Waals surface area contributed by atoms with Crippen LogP contribution in [0.4, 0.5) is 16.2 Å². The predicted molar refractivity (Wildman–Crippen MR) is 120 cm³/mol. The van der Waals surface area contributed by atoms with Gasteiger partial charge in [-0.15, -0.1) is 0 Å². The first-order valence-corrected chi connectivity index (χ1v) is 10.9. The van der Waals surface area contributed by atoms with Crippen molar-refractivity contribution in [2.45, 2.75) is 9.79 Å². The molecule has 0 saturated carbocycles. The minimum atomic E-state index is -0.356. The third-order valence-electron chi connectivity index (χ3n) is 4.71. The maximum Gasteiger partial charge on any atom is 0.290 e. The molecule has 0 atom stereocenters. The summed E-state index contributed by atoms with van der Waals surface area (Å²) in [5, 5.41) is 1.92. The number of anilines is 2. The molecule has 0 aliphatic carbocycles. The van der Waals surface area contributed by atoms with Crippen molar-refractivity contribution in [3.05, 3.63) is 83.3 Å². The Labute approximate surface area is 182 Å². The van der Waals surface area contributed by atoms with Crippen LogP contribution in [0.25, 0.3) is 6.08 Å². The fourth-order valence-corrected chi connectivity index (χ4v) is 5.07. The number of rotatable bonds is 4. The zero-order valence-corrected chi connectivity index (χ0v) is 17.3. The number of para-hydroxylation sites is 2. The summed E-state index contributed by atoms with van der Waals surface area (Å²) in [4.78, 5) is 27.9. The fraction of sp³-hybridized carbons (Fsp3) is 0.0435. The minimum Gasteiger partial charge on any atom is -0.473 e. The Morgan fingerprint density at radius 1 is 0.833 bits per heavy atom. The second-order valence-electron chi connectivity index (χ2n) is 6.66. The Bertz CT molecular complexity index is 1130. The maximum absolute atomic E-state index is 11.7. The van der Waals surface area contributed by atoms with Gasteiger partial charge in [-0.3, -0.25) is 14.9 Å². The zero-order chi connectivity index (χ0) is 20.5. The standard InChI is InChI=1S/C23H16N2O3S2/c26-22-21(30-23(27)24-22)13-15-9-11-16(12-10-15)28-14-25-17-5-1-3-7-19(17)29-20-8-4-2-6-18(20)25/h1-13H,14H2,(H,24,26,27). The first-order chi connectivity index (χ1) is 14.7. The van der Waals surface area contributed by atoms with Crippen molar-refractivity contribution in [2.75, 3.05) is 11.6 Å². The highest BCUT2D eigenvalue weighted by Gasteiger charge is 2.25. The minimum absolute atomic E-state index is 0.341. The highest BCUT2D eigenvalue weighted by molar-refractivity contribution is 8.18. The van der Waals surface area contributed by atoms with Crippen molar-refractivity contribution in [1.29, 1.82) is 0 Å². The average Bonchev–Trinajstić information content (AvgIpc) is 3.08. The summed E-state index contributed by atoms with van der Waals surface area (Å²) in [6.07, 6.45) is 1.70. The Hall–Kier alpha value is -3.16. The third kappa shape index (κ3) is 3.69. The lowest BCUT2D eigenvalue weighted by Crippen LogP contribution is -2.25. The summed E-state index contributed by atoms with van der Waals surface area (Å²) < 4.78 is 6.08. The molecule has 0 radical (unpaired) electrons. The normalized spacial score (nSPS) is 16.3. The smallest absolute Gasteiger partial charge is 0.290 e. The van der Waals surface area contributed by atoms with Crippen LogP contribution in [-0.4, -0.2) is 17.9 Å². The number of amides is 2. The number of nitrogens with one attached hydrogen (secondary N) is 1. The summed E-state index contributed by atoms with van der Waals surface area (Å²) in [5.74, 6) is 0.371. The molecule has 0 spiro atoms. The van der Waals surface area contributed by atoms with Crippen LogP contribution in [0.3, 0.4) is 0 Å². The van der Waals surface area contributed by atoms with E-state index < -0.39 is 0 Å². The van der Waals surface area contributed by atoms with Crippen molar-refractivity contribution < 1.29 is 14.3 Å². The molecule has 0 bridgehead atoms. The van der Waals surface area contributed by atoms with E-state index in [2.05, 4.69) is 34.5 Å². The quantitative estimate of drug-likeness (QED) is 0.538. The highest BCUT2D eigenvalue weighted by Crippen LogP contribution is 2.47. The molecule has 2 amide bonds. The first kappa shape index (κ1) is 18.8. The number of nitrogens with zero attached hydrogens (tertiary/aromatic N) is 1. The Balaban J connectivity index is 1.34. The van der Waals surface area contributed by atoms with Gasteiger partial charge in [-0.1, -0.05) is 48.2 Å². The van der Waals surface area contributed by atoms with Crippen molar-refractivity contribution >= 4 is 52.1 Å². The molecule has 2 aliphatic rings. The number of fused-ring (bicyclic) bond motifs is 2. The van der Waals surface area contributed by atoms with E-state index in [9.17, 15) is 9.59 Å². The van der Waals surface area contributed by atoms with Crippen LogP contribution in [0, 0.1) is 0 Å². The number of carbonyl (C=O) groups excluding carboxylic acids is 2. The van der Waals surface area contributed by atoms with E-state index in [0.717, 1.165) is 34.4 Å². The van der Waals surface area contributed by atoms with Gasteiger partial charge in [-0.25, -0.2) is 0 Å². The lowest BCUT2D eigenvalue weighted by Gasteiger charge is -2.32. The van der Waals surface area contributed by atoms with E-state index in [1.807, 2.05) is 48.5 Å². The van der Waals surface area contributed by atoms with E-state index in [1.165, 1.54) is 9.79 Å². The third-order valence-corrected chi connectivity index (χ3v) is 6.65. The lowest BCUT2D eigenvalue weighted by molar-refractivity contribution is -0.115. The molecule has 3 aromatic carbocycles. The van der Waals surface area contributed by atoms with Crippen LogP contribution in [0.2, 0.25) is 0 Å². The fourth-order valence-electron chi connectivity index (χ4n) is 3.29. The van der Waals surface area contributed by atoms with E-state index in [4.69, 9.17) is 4.74 Å². The van der Waals surface area contributed by atoms with Crippen LogP contribution in [0.15, 0.2) is 87.5 Å². The van der Waals surface area contributed by atoms with Crippen LogP contribution in [0.1, 0.15) is 5.56 Å². The molecular weight excluding hydrogens is 416 g/mol. The molecule has 7 heteroatoms. The predicted octanol–water partition coefficient (Wildman–Crippen LogP) is 5.65.